The summed E-state index contributed by atoms with van der Waals surface area (Å²) >= 11 is -1.81. The second kappa shape index (κ2) is 17.5. The molecule has 2 aliphatic rings. The van der Waals surface area contributed by atoms with Gasteiger partial charge in [0.2, 0.25) is 0 Å². The van der Waals surface area contributed by atoms with Crippen molar-refractivity contribution in [3.8, 4) is 33.6 Å². The van der Waals surface area contributed by atoms with Gasteiger partial charge in [-0.1, -0.05) is 97.1 Å². The molecule has 9 rings (SSSR count). The minimum Gasteiger partial charge on any atom is -0.501 e. The number of fused-ring (bicyclic) bond motifs is 3. The Hall–Kier alpha value is -3.83. The van der Waals surface area contributed by atoms with Gasteiger partial charge in [-0.2, -0.15) is 0 Å². The molecule has 0 bridgehead atoms. The topological polar surface area (TPSA) is 38.9 Å². The summed E-state index contributed by atoms with van der Waals surface area (Å²) in [7, 11) is 0. The van der Waals surface area contributed by atoms with Crippen molar-refractivity contribution in [1.82, 2.24) is 9.97 Å². The molecule has 2 aliphatic carbocycles. The molecular weight excluding hydrogens is 909 g/mol. The largest absolute Gasteiger partial charge is 0.501 e. The summed E-state index contributed by atoms with van der Waals surface area (Å²) in [5.74, 6) is 8.84. The molecule has 3 nitrogen and oxygen atoms in total. The van der Waals surface area contributed by atoms with Crippen molar-refractivity contribution in [2.45, 2.75) is 94.3 Å². The SMILES string of the molecule is Cc1cc(-c2[c-]ccc(C3CCCC3)c2)nc[c]1[Ge]([CH3])([CH3])[CH3].[Ir].[c-]1ccc2c(oc3cc(-c4ccccc4)ccc32)c1-c1cc(CC2CCCCC2)ccn1. The van der Waals surface area contributed by atoms with Crippen molar-refractivity contribution < 1.29 is 24.5 Å². The molecule has 1 radical (unpaired) electrons. The van der Waals surface area contributed by atoms with Gasteiger partial charge >= 0.3 is 137 Å². The fourth-order valence-corrected chi connectivity index (χ4v) is 12.4. The third kappa shape index (κ3) is 9.09. The van der Waals surface area contributed by atoms with Crippen LogP contribution in [0.1, 0.15) is 80.4 Å². The van der Waals surface area contributed by atoms with Gasteiger partial charge < -0.3 is 9.40 Å². The van der Waals surface area contributed by atoms with E-state index in [0.29, 0.717) is 0 Å². The van der Waals surface area contributed by atoms with Crippen LogP contribution in [0, 0.1) is 25.0 Å². The van der Waals surface area contributed by atoms with Gasteiger partial charge in [-0.3, -0.25) is 0 Å². The molecule has 2 fully saturated rings. The van der Waals surface area contributed by atoms with Crippen LogP contribution >= 0.6 is 0 Å². The number of pyridine rings is 2. The summed E-state index contributed by atoms with van der Waals surface area (Å²) in [4.78, 5) is 9.46. The van der Waals surface area contributed by atoms with Gasteiger partial charge in [0.25, 0.3) is 0 Å². The van der Waals surface area contributed by atoms with Gasteiger partial charge in [0, 0.05) is 31.7 Å². The Morgan fingerprint density at radius 1 is 0.709 bits per heavy atom. The minimum atomic E-state index is -1.81. The van der Waals surface area contributed by atoms with Crippen molar-refractivity contribution in [3.05, 3.63) is 138 Å². The van der Waals surface area contributed by atoms with Gasteiger partial charge in [0.1, 0.15) is 5.58 Å². The third-order valence-electron chi connectivity index (χ3n) is 11.7. The van der Waals surface area contributed by atoms with Crippen LogP contribution in [0.25, 0.3) is 55.6 Å². The van der Waals surface area contributed by atoms with E-state index >= 15 is 0 Å². The van der Waals surface area contributed by atoms with Gasteiger partial charge in [0.15, 0.2) is 0 Å². The average Bonchev–Trinajstić information content (AvgIpc) is 3.87. The first-order chi connectivity index (χ1) is 26.3. The molecule has 3 aromatic heterocycles. The summed E-state index contributed by atoms with van der Waals surface area (Å²) in [6.45, 7) is 2.23. The molecule has 0 spiro atoms. The maximum Gasteiger partial charge on any atom is 0.121 e. The van der Waals surface area contributed by atoms with E-state index in [9.17, 15) is 0 Å². The average molecular weight is 962 g/mol. The fraction of sp³-hybridized carbons (Fsp3) is 0.320. The third-order valence-corrected chi connectivity index (χ3v) is 16.2. The van der Waals surface area contributed by atoms with Crippen LogP contribution in [0.4, 0.5) is 0 Å². The first kappa shape index (κ1) is 39.4. The number of benzene rings is 4. The molecule has 2 saturated carbocycles. The summed E-state index contributed by atoms with van der Waals surface area (Å²) in [5.41, 5.74) is 12.5. The van der Waals surface area contributed by atoms with Crippen molar-refractivity contribution in [2.24, 2.45) is 5.92 Å². The number of rotatable bonds is 7. The standard InChI is InChI=1S/C30H26NO.C20H26GeN.Ir/c1-3-8-21(9-4-1)18-22-16-17-31-28(19-22)27-13-7-12-26-25-15-14-24(20-29(25)32-30(26)27)23-10-5-2-6-11-23;1-15-12-20(22-14-19(15)21(2,3)4)18-11-7-10-17(13-18)16-8-5-6-9-16;/h2,5-7,10-12,14-17,19-21H,1,3-4,8-9,18H2;7,10,12-14,16H,5-6,8-9H2,1-4H3;/q2*-1;. The molecule has 0 amide bonds. The van der Waals surface area contributed by atoms with Crippen LogP contribution in [0.5, 0.6) is 0 Å². The Bertz CT molecular complexity index is 2360. The molecule has 0 unspecified atom stereocenters. The van der Waals surface area contributed by atoms with Crippen molar-refractivity contribution in [2.75, 3.05) is 0 Å². The first-order valence-corrected chi connectivity index (χ1v) is 27.5. The molecule has 283 valence electrons. The second-order valence-electron chi connectivity index (χ2n) is 16.7. The van der Waals surface area contributed by atoms with E-state index in [0.717, 1.165) is 68.3 Å². The smallest absolute Gasteiger partial charge is 0.121 e. The van der Waals surface area contributed by atoms with Crippen LogP contribution in [0.3, 0.4) is 0 Å². The number of hydrogen-bond acceptors (Lipinski definition) is 3. The van der Waals surface area contributed by atoms with Gasteiger partial charge in [-0.05, 0) is 41.3 Å². The maximum absolute atomic E-state index is 6.42. The Morgan fingerprint density at radius 3 is 2.24 bits per heavy atom. The molecule has 0 N–H and O–H groups in total. The van der Waals surface area contributed by atoms with Crippen LogP contribution in [-0.2, 0) is 26.5 Å². The zero-order chi connectivity index (χ0) is 37.1. The van der Waals surface area contributed by atoms with Crippen molar-refractivity contribution in [3.63, 3.8) is 0 Å². The Balaban J connectivity index is 0.000000178. The zero-order valence-electron chi connectivity index (χ0n) is 32.8. The predicted molar refractivity (Wildman–Crippen MR) is 229 cm³/mol. The number of aryl methyl sites for hydroxylation is 1. The number of aromatic nitrogens is 2. The Labute approximate surface area is 344 Å². The van der Waals surface area contributed by atoms with Crippen LogP contribution in [0.15, 0.2) is 114 Å². The Kier molecular flexibility index (Phi) is 12.6. The van der Waals surface area contributed by atoms with Crippen LogP contribution in [0.2, 0.25) is 17.3 Å². The maximum atomic E-state index is 6.42. The monoisotopic (exact) mass is 963 g/mol. The molecule has 55 heavy (non-hydrogen) atoms. The second-order valence-corrected chi connectivity index (χ2v) is 27.3. The minimum absolute atomic E-state index is 0. The molecule has 0 aliphatic heterocycles. The molecular formula is C50H52GeIrN2O-2. The summed E-state index contributed by atoms with van der Waals surface area (Å²) in [6, 6.07) is 41.1. The molecule has 0 atom stereocenters. The van der Waals surface area contributed by atoms with E-state index < -0.39 is 13.3 Å². The van der Waals surface area contributed by atoms with Crippen molar-refractivity contribution in [1.29, 1.82) is 0 Å². The van der Waals surface area contributed by atoms with Crippen molar-refractivity contribution >= 4 is 39.6 Å². The zero-order valence-corrected chi connectivity index (χ0v) is 37.2. The molecule has 7 aromatic rings. The normalized spacial score (nSPS) is 15.1. The van der Waals surface area contributed by atoms with Gasteiger partial charge in [-0.25, -0.2) is 0 Å². The molecule has 4 aromatic carbocycles. The van der Waals surface area contributed by atoms with Crippen LogP contribution < -0.4 is 4.40 Å². The first-order valence-electron chi connectivity index (χ1n) is 20.2. The van der Waals surface area contributed by atoms with E-state index in [1.807, 2.05) is 18.3 Å². The quantitative estimate of drug-likeness (QED) is 0.118. The molecule has 0 saturated heterocycles. The van der Waals surface area contributed by atoms with E-state index in [2.05, 4.69) is 127 Å². The molecule has 5 heteroatoms. The summed E-state index contributed by atoms with van der Waals surface area (Å²) in [6.07, 6.45) is 17.5. The van der Waals surface area contributed by atoms with Gasteiger partial charge in [-0.15, -0.1) is 18.2 Å². The van der Waals surface area contributed by atoms with E-state index in [1.165, 1.54) is 84.4 Å². The predicted octanol–water partition coefficient (Wildman–Crippen LogP) is 13.3. The van der Waals surface area contributed by atoms with Gasteiger partial charge in [0.05, 0.1) is 5.58 Å². The number of furan rings is 1. The van der Waals surface area contributed by atoms with Crippen LogP contribution in [-0.4, -0.2) is 23.2 Å². The summed E-state index contributed by atoms with van der Waals surface area (Å²) < 4.78 is 7.93. The van der Waals surface area contributed by atoms with E-state index in [-0.39, 0.29) is 20.1 Å². The number of nitrogens with zero attached hydrogens (tertiary/aromatic N) is 2. The number of hydrogen-bond donors (Lipinski definition) is 0. The van der Waals surface area contributed by atoms with E-state index in [4.69, 9.17) is 14.4 Å². The fourth-order valence-electron chi connectivity index (χ4n) is 8.84. The molecule has 3 heterocycles. The summed E-state index contributed by atoms with van der Waals surface area (Å²) in [5, 5.41) is 2.25. The van der Waals surface area contributed by atoms with E-state index in [1.54, 1.807) is 0 Å². The Morgan fingerprint density at radius 2 is 1.47 bits per heavy atom.